The number of methoxy groups -OCH3 is 1. The van der Waals surface area contributed by atoms with E-state index in [-0.39, 0.29) is 30.6 Å². The molecule has 1 heterocycles. The zero-order valence-electron chi connectivity index (χ0n) is 15.8. The lowest BCUT2D eigenvalue weighted by molar-refractivity contribution is -0.121. The molecule has 0 atom stereocenters. The topological polar surface area (TPSA) is 108 Å². The standard InChI is InChI=1S/C17H26N4O5S/c1-13(2)18-17(23)19-16(22)12-20-8-10-21(11-9-20)27(24,25)15-6-4-14(26-3)5-7-15/h4-7,13H,8-12H2,1-3H3,(H2,18,19,22,23). The molecule has 0 spiro atoms. The third-order valence-electron chi connectivity index (χ3n) is 4.07. The van der Waals surface area contributed by atoms with Crippen LogP contribution in [0.15, 0.2) is 29.2 Å². The molecule has 1 aliphatic heterocycles. The molecule has 0 saturated carbocycles. The maximum Gasteiger partial charge on any atom is 0.321 e. The van der Waals surface area contributed by atoms with Gasteiger partial charge in [0.05, 0.1) is 18.6 Å². The van der Waals surface area contributed by atoms with E-state index >= 15 is 0 Å². The Kier molecular flexibility index (Phi) is 7.17. The van der Waals surface area contributed by atoms with Gasteiger partial charge in [-0.25, -0.2) is 13.2 Å². The highest BCUT2D eigenvalue weighted by atomic mass is 32.2. The number of nitrogens with one attached hydrogen (secondary N) is 2. The van der Waals surface area contributed by atoms with Crippen LogP contribution in [0.1, 0.15) is 13.8 Å². The van der Waals surface area contributed by atoms with Gasteiger partial charge in [-0.1, -0.05) is 0 Å². The fourth-order valence-electron chi connectivity index (χ4n) is 2.69. The molecule has 10 heteroatoms. The van der Waals surface area contributed by atoms with Gasteiger partial charge in [0, 0.05) is 32.2 Å². The van der Waals surface area contributed by atoms with E-state index in [9.17, 15) is 18.0 Å². The first-order valence-electron chi connectivity index (χ1n) is 8.69. The number of imide groups is 1. The number of urea groups is 1. The maximum absolute atomic E-state index is 12.7. The second-order valence-corrected chi connectivity index (χ2v) is 8.47. The van der Waals surface area contributed by atoms with Crippen molar-refractivity contribution in [1.29, 1.82) is 0 Å². The van der Waals surface area contributed by atoms with E-state index in [0.29, 0.717) is 18.8 Å². The van der Waals surface area contributed by atoms with Crippen molar-refractivity contribution in [1.82, 2.24) is 19.8 Å². The molecule has 0 bridgehead atoms. The molecule has 0 unspecified atom stereocenters. The molecular weight excluding hydrogens is 372 g/mol. The van der Waals surface area contributed by atoms with Crippen LogP contribution in [-0.4, -0.2) is 75.4 Å². The average molecular weight is 398 g/mol. The number of benzene rings is 1. The molecule has 0 radical (unpaired) electrons. The number of amides is 3. The molecular formula is C17H26N4O5S. The predicted octanol–water partition coefficient (Wildman–Crippen LogP) is 0.236. The number of carbonyl (C=O) groups is 2. The van der Waals surface area contributed by atoms with Crippen LogP contribution in [-0.2, 0) is 14.8 Å². The number of carbonyl (C=O) groups excluding carboxylic acids is 2. The lowest BCUT2D eigenvalue weighted by Gasteiger charge is -2.33. The van der Waals surface area contributed by atoms with Crippen molar-refractivity contribution in [3.63, 3.8) is 0 Å². The van der Waals surface area contributed by atoms with Crippen LogP contribution >= 0.6 is 0 Å². The van der Waals surface area contributed by atoms with Gasteiger partial charge in [0.2, 0.25) is 15.9 Å². The number of ether oxygens (including phenoxy) is 1. The Morgan fingerprint density at radius 2 is 1.70 bits per heavy atom. The fourth-order valence-corrected chi connectivity index (χ4v) is 4.11. The summed E-state index contributed by atoms with van der Waals surface area (Å²) in [7, 11) is -2.07. The van der Waals surface area contributed by atoms with E-state index in [2.05, 4.69) is 10.6 Å². The summed E-state index contributed by atoms with van der Waals surface area (Å²) in [6.07, 6.45) is 0. The van der Waals surface area contributed by atoms with E-state index in [0.717, 1.165) is 0 Å². The lowest BCUT2D eigenvalue weighted by Crippen LogP contribution is -2.52. The fraction of sp³-hybridized carbons (Fsp3) is 0.529. The van der Waals surface area contributed by atoms with Gasteiger partial charge in [0.25, 0.3) is 0 Å². The molecule has 0 aromatic heterocycles. The van der Waals surface area contributed by atoms with Gasteiger partial charge in [-0.2, -0.15) is 4.31 Å². The summed E-state index contributed by atoms with van der Waals surface area (Å²) in [6.45, 7) is 5.02. The van der Waals surface area contributed by atoms with Crippen molar-refractivity contribution in [2.24, 2.45) is 0 Å². The maximum atomic E-state index is 12.7. The van der Waals surface area contributed by atoms with Crippen LogP contribution in [0.5, 0.6) is 5.75 Å². The third-order valence-corrected chi connectivity index (χ3v) is 5.98. The monoisotopic (exact) mass is 398 g/mol. The molecule has 2 rings (SSSR count). The molecule has 0 aliphatic carbocycles. The van der Waals surface area contributed by atoms with Gasteiger partial charge in [0.1, 0.15) is 5.75 Å². The molecule has 1 saturated heterocycles. The Hall–Kier alpha value is -2.17. The van der Waals surface area contributed by atoms with Crippen LogP contribution in [0.3, 0.4) is 0 Å². The highest BCUT2D eigenvalue weighted by molar-refractivity contribution is 7.89. The van der Waals surface area contributed by atoms with Crippen LogP contribution in [0.4, 0.5) is 4.79 Å². The second kappa shape index (κ2) is 9.16. The van der Waals surface area contributed by atoms with Crippen LogP contribution < -0.4 is 15.4 Å². The first kappa shape index (κ1) is 21.1. The molecule has 1 fully saturated rings. The summed E-state index contributed by atoms with van der Waals surface area (Å²) < 4.78 is 31.8. The number of hydrogen-bond acceptors (Lipinski definition) is 6. The summed E-state index contributed by atoms with van der Waals surface area (Å²) >= 11 is 0. The average Bonchev–Trinajstić information content (AvgIpc) is 2.61. The van der Waals surface area contributed by atoms with E-state index in [1.807, 2.05) is 4.90 Å². The van der Waals surface area contributed by atoms with E-state index in [1.54, 1.807) is 26.0 Å². The largest absolute Gasteiger partial charge is 0.497 e. The number of hydrogen-bond donors (Lipinski definition) is 2. The number of nitrogens with zero attached hydrogens (tertiary/aromatic N) is 2. The highest BCUT2D eigenvalue weighted by Crippen LogP contribution is 2.20. The molecule has 1 aliphatic rings. The SMILES string of the molecule is COc1ccc(S(=O)(=O)N2CCN(CC(=O)NC(=O)NC(C)C)CC2)cc1. The summed E-state index contributed by atoms with van der Waals surface area (Å²) in [5.74, 6) is 0.172. The normalized spacial score (nSPS) is 16.1. The van der Waals surface area contributed by atoms with Crippen molar-refractivity contribution in [3.8, 4) is 5.75 Å². The first-order valence-corrected chi connectivity index (χ1v) is 10.1. The lowest BCUT2D eigenvalue weighted by atomic mass is 10.3. The summed E-state index contributed by atoms with van der Waals surface area (Å²) in [4.78, 5) is 25.5. The summed E-state index contributed by atoms with van der Waals surface area (Å²) in [5.41, 5.74) is 0. The zero-order chi connectivity index (χ0) is 20.0. The number of sulfonamides is 1. The Labute approximate surface area is 159 Å². The van der Waals surface area contributed by atoms with E-state index in [4.69, 9.17) is 4.74 Å². The molecule has 9 nitrogen and oxygen atoms in total. The van der Waals surface area contributed by atoms with Crippen molar-refractivity contribution in [3.05, 3.63) is 24.3 Å². The van der Waals surface area contributed by atoms with E-state index in [1.165, 1.54) is 23.5 Å². The number of piperazine rings is 1. The van der Waals surface area contributed by atoms with Crippen LogP contribution in [0.25, 0.3) is 0 Å². The van der Waals surface area contributed by atoms with Crippen molar-refractivity contribution in [2.75, 3.05) is 39.8 Å². The van der Waals surface area contributed by atoms with Crippen LogP contribution in [0.2, 0.25) is 0 Å². The summed E-state index contributed by atoms with van der Waals surface area (Å²) in [6, 6.07) is 5.65. The van der Waals surface area contributed by atoms with Crippen molar-refractivity contribution < 1.29 is 22.7 Å². The zero-order valence-corrected chi connectivity index (χ0v) is 16.6. The molecule has 27 heavy (non-hydrogen) atoms. The Bertz CT molecular complexity index is 756. The van der Waals surface area contributed by atoms with Gasteiger partial charge in [-0.3, -0.25) is 15.0 Å². The van der Waals surface area contributed by atoms with Gasteiger partial charge in [-0.15, -0.1) is 0 Å². The molecule has 3 amide bonds. The second-order valence-electron chi connectivity index (χ2n) is 6.53. The van der Waals surface area contributed by atoms with E-state index < -0.39 is 22.0 Å². The van der Waals surface area contributed by atoms with Gasteiger partial charge >= 0.3 is 6.03 Å². The molecule has 150 valence electrons. The molecule has 1 aromatic carbocycles. The third kappa shape index (κ3) is 5.91. The quantitative estimate of drug-likeness (QED) is 0.711. The van der Waals surface area contributed by atoms with Crippen molar-refractivity contribution >= 4 is 22.0 Å². The Morgan fingerprint density at radius 1 is 1.11 bits per heavy atom. The minimum absolute atomic E-state index is 0.0436. The smallest absolute Gasteiger partial charge is 0.321 e. The first-order chi connectivity index (χ1) is 12.7. The minimum Gasteiger partial charge on any atom is -0.497 e. The molecule has 1 aromatic rings. The number of rotatable bonds is 6. The Morgan fingerprint density at radius 3 is 2.22 bits per heavy atom. The Balaban J connectivity index is 1.86. The predicted molar refractivity (Wildman–Crippen MR) is 100 cm³/mol. The highest BCUT2D eigenvalue weighted by Gasteiger charge is 2.29. The molecule has 2 N–H and O–H groups in total. The van der Waals surface area contributed by atoms with Crippen molar-refractivity contribution in [2.45, 2.75) is 24.8 Å². The summed E-state index contributed by atoms with van der Waals surface area (Å²) in [5, 5.41) is 4.84. The van der Waals surface area contributed by atoms with Gasteiger partial charge in [0.15, 0.2) is 0 Å². The van der Waals surface area contributed by atoms with Gasteiger partial charge < -0.3 is 10.1 Å². The van der Waals surface area contributed by atoms with Gasteiger partial charge in [-0.05, 0) is 38.1 Å². The minimum atomic E-state index is -3.58. The van der Waals surface area contributed by atoms with Crippen LogP contribution in [0, 0.1) is 0 Å².